The number of para-hydroxylation sites is 1. The van der Waals surface area contributed by atoms with Crippen LogP contribution in [0.2, 0.25) is 10.0 Å². The van der Waals surface area contributed by atoms with E-state index in [1.165, 1.54) is 35.6 Å². The summed E-state index contributed by atoms with van der Waals surface area (Å²) < 4.78 is 32.4. The molecule has 0 fully saturated rings. The van der Waals surface area contributed by atoms with E-state index in [4.69, 9.17) is 27.9 Å². The maximum Gasteiger partial charge on any atom is 0.338 e. The van der Waals surface area contributed by atoms with Crippen molar-refractivity contribution < 1.29 is 22.7 Å². The summed E-state index contributed by atoms with van der Waals surface area (Å²) in [6, 6.07) is 13.7. The van der Waals surface area contributed by atoms with Crippen LogP contribution in [0.3, 0.4) is 0 Å². The zero-order valence-electron chi connectivity index (χ0n) is 15.8. The number of amides is 1. The van der Waals surface area contributed by atoms with E-state index in [-0.39, 0.29) is 32.7 Å². The number of nitrogens with one attached hydrogen (secondary N) is 2. The van der Waals surface area contributed by atoms with Gasteiger partial charge in [-0.25, -0.2) is 17.9 Å². The SMILES string of the molecule is O=C(COC(=O)c1cccc(S(=O)(=O)NCc2cccs2)c1)Nc1c(Cl)cccc1Cl. The average Bonchev–Trinajstić information content (AvgIpc) is 3.27. The fraction of sp³-hybridized carbons (Fsp3) is 0.100. The van der Waals surface area contributed by atoms with Crippen LogP contribution in [0.4, 0.5) is 5.69 Å². The van der Waals surface area contributed by atoms with Gasteiger partial charge in [-0.2, -0.15) is 0 Å². The number of hydrogen-bond donors (Lipinski definition) is 2. The Hall–Kier alpha value is -2.43. The molecule has 0 aliphatic carbocycles. The van der Waals surface area contributed by atoms with Crippen molar-refractivity contribution in [1.82, 2.24) is 4.72 Å². The third kappa shape index (κ3) is 6.28. The Bertz CT molecular complexity index is 1180. The Balaban J connectivity index is 1.61. The van der Waals surface area contributed by atoms with Crippen molar-refractivity contribution in [1.29, 1.82) is 0 Å². The quantitative estimate of drug-likeness (QED) is 0.450. The molecule has 0 spiro atoms. The topological polar surface area (TPSA) is 102 Å². The zero-order chi connectivity index (χ0) is 22.4. The van der Waals surface area contributed by atoms with E-state index in [1.54, 1.807) is 18.2 Å². The van der Waals surface area contributed by atoms with Gasteiger partial charge in [0.05, 0.1) is 26.2 Å². The normalized spacial score (nSPS) is 11.2. The minimum atomic E-state index is -3.83. The summed E-state index contributed by atoms with van der Waals surface area (Å²) in [4.78, 5) is 25.1. The summed E-state index contributed by atoms with van der Waals surface area (Å²) >= 11 is 13.4. The van der Waals surface area contributed by atoms with E-state index in [2.05, 4.69) is 10.0 Å². The number of benzene rings is 2. The Morgan fingerprint density at radius 3 is 2.39 bits per heavy atom. The molecule has 2 aromatic carbocycles. The first-order valence-electron chi connectivity index (χ1n) is 8.79. The second-order valence-electron chi connectivity index (χ2n) is 6.15. The first-order chi connectivity index (χ1) is 14.8. The summed E-state index contributed by atoms with van der Waals surface area (Å²) in [6.07, 6.45) is 0. The van der Waals surface area contributed by atoms with Gasteiger partial charge in [0.2, 0.25) is 10.0 Å². The highest BCUT2D eigenvalue weighted by molar-refractivity contribution is 7.89. The lowest BCUT2D eigenvalue weighted by Crippen LogP contribution is -2.23. The Labute approximate surface area is 193 Å². The lowest BCUT2D eigenvalue weighted by Gasteiger charge is -2.10. The molecule has 31 heavy (non-hydrogen) atoms. The largest absolute Gasteiger partial charge is 0.452 e. The van der Waals surface area contributed by atoms with Crippen molar-refractivity contribution in [3.05, 3.63) is 80.5 Å². The molecular formula is C20H16Cl2N2O5S2. The first kappa shape index (κ1) is 23.2. The van der Waals surface area contributed by atoms with E-state index >= 15 is 0 Å². The minimum absolute atomic E-state index is 0.0115. The summed E-state index contributed by atoms with van der Waals surface area (Å²) in [7, 11) is -3.83. The highest BCUT2D eigenvalue weighted by Crippen LogP contribution is 2.29. The molecule has 162 valence electrons. The number of thiophene rings is 1. The van der Waals surface area contributed by atoms with Crippen molar-refractivity contribution in [2.75, 3.05) is 11.9 Å². The smallest absolute Gasteiger partial charge is 0.338 e. The van der Waals surface area contributed by atoms with Gasteiger partial charge in [0.15, 0.2) is 6.61 Å². The molecule has 0 saturated carbocycles. The van der Waals surface area contributed by atoms with Crippen LogP contribution in [-0.4, -0.2) is 26.9 Å². The molecule has 0 bridgehead atoms. The summed E-state index contributed by atoms with van der Waals surface area (Å²) in [5, 5.41) is 4.78. The number of carbonyl (C=O) groups excluding carboxylic acids is 2. The lowest BCUT2D eigenvalue weighted by molar-refractivity contribution is -0.119. The van der Waals surface area contributed by atoms with E-state index in [1.807, 2.05) is 17.5 Å². The molecule has 11 heteroatoms. The molecule has 0 aliphatic heterocycles. The first-order valence-corrected chi connectivity index (χ1v) is 11.9. The highest BCUT2D eigenvalue weighted by Gasteiger charge is 2.18. The van der Waals surface area contributed by atoms with Crippen LogP contribution < -0.4 is 10.0 Å². The molecule has 0 unspecified atom stereocenters. The molecule has 2 N–H and O–H groups in total. The maximum atomic E-state index is 12.5. The van der Waals surface area contributed by atoms with Gasteiger partial charge in [-0.1, -0.05) is 41.4 Å². The molecule has 1 aromatic heterocycles. The molecule has 1 amide bonds. The van der Waals surface area contributed by atoms with Crippen LogP contribution in [0.1, 0.15) is 15.2 Å². The van der Waals surface area contributed by atoms with Gasteiger partial charge in [0.1, 0.15) is 0 Å². The molecular weight excluding hydrogens is 483 g/mol. The lowest BCUT2D eigenvalue weighted by atomic mass is 10.2. The van der Waals surface area contributed by atoms with Gasteiger partial charge >= 0.3 is 5.97 Å². The fourth-order valence-electron chi connectivity index (χ4n) is 2.46. The zero-order valence-corrected chi connectivity index (χ0v) is 18.9. The third-order valence-electron chi connectivity index (χ3n) is 3.96. The molecule has 0 saturated heterocycles. The maximum absolute atomic E-state index is 12.5. The van der Waals surface area contributed by atoms with Crippen LogP contribution in [0.25, 0.3) is 0 Å². The number of halogens is 2. The van der Waals surface area contributed by atoms with Crippen LogP contribution in [-0.2, 0) is 26.1 Å². The number of ether oxygens (including phenoxy) is 1. The predicted molar refractivity (Wildman–Crippen MR) is 120 cm³/mol. The highest BCUT2D eigenvalue weighted by atomic mass is 35.5. The van der Waals surface area contributed by atoms with Crippen LogP contribution in [0, 0.1) is 0 Å². The van der Waals surface area contributed by atoms with Crippen LogP contribution in [0.15, 0.2) is 64.9 Å². The summed E-state index contributed by atoms with van der Waals surface area (Å²) in [5.41, 5.74) is 0.194. The van der Waals surface area contributed by atoms with Gasteiger partial charge in [0.25, 0.3) is 5.91 Å². The molecule has 0 radical (unpaired) electrons. The van der Waals surface area contributed by atoms with Gasteiger partial charge in [-0.3, -0.25) is 4.79 Å². The van der Waals surface area contributed by atoms with Gasteiger partial charge in [-0.15, -0.1) is 11.3 Å². The van der Waals surface area contributed by atoms with E-state index in [9.17, 15) is 18.0 Å². The molecule has 1 heterocycles. The molecule has 3 aromatic rings. The number of carbonyl (C=O) groups is 2. The number of sulfonamides is 1. The van der Waals surface area contributed by atoms with Crippen LogP contribution >= 0.6 is 34.5 Å². The standard InChI is InChI=1S/C20H16Cl2N2O5S2/c21-16-7-2-8-17(22)19(16)24-18(25)12-29-20(26)13-4-1-6-15(10-13)31(27,28)23-11-14-5-3-9-30-14/h1-10,23H,11-12H2,(H,24,25). The number of rotatable bonds is 8. The van der Waals surface area contributed by atoms with Crippen LogP contribution in [0.5, 0.6) is 0 Å². The van der Waals surface area contributed by atoms with Gasteiger partial charge < -0.3 is 10.1 Å². The summed E-state index contributed by atoms with van der Waals surface area (Å²) in [5.74, 6) is -1.50. The van der Waals surface area contributed by atoms with Gasteiger partial charge in [-0.05, 0) is 41.8 Å². The Morgan fingerprint density at radius 1 is 1.00 bits per heavy atom. The average molecular weight is 499 g/mol. The Morgan fingerprint density at radius 2 is 1.71 bits per heavy atom. The van der Waals surface area contributed by atoms with E-state index < -0.39 is 28.5 Å². The second kappa shape index (κ2) is 10.3. The van der Waals surface area contributed by atoms with Crippen molar-refractivity contribution in [3.8, 4) is 0 Å². The second-order valence-corrected chi connectivity index (χ2v) is 9.77. The van der Waals surface area contributed by atoms with E-state index in [0.29, 0.717) is 0 Å². The molecule has 0 aliphatic rings. The van der Waals surface area contributed by atoms with Crippen molar-refractivity contribution in [3.63, 3.8) is 0 Å². The number of hydrogen-bond acceptors (Lipinski definition) is 6. The Kier molecular flexibility index (Phi) is 7.69. The minimum Gasteiger partial charge on any atom is -0.452 e. The number of anilines is 1. The van der Waals surface area contributed by atoms with Gasteiger partial charge in [0, 0.05) is 11.4 Å². The number of esters is 1. The molecule has 3 rings (SSSR count). The molecule has 0 atom stereocenters. The summed E-state index contributed by atoms with van der Waals surface area (Å²) in [6.45, 7) is -0.465. The van der Waals surface area contributed by atoms with Crippen molar-refractivity contribution in [2.45, 2.75) is 11.4 Å². The predicted octanol–water partition coefficient (Wildman–Crippen LogP) is 4.33. The molecule has 7 nitrogen and oxygen atoms in total. The fourth-order valence-corrected chi connectivity index (χ4v) is 4.74. The van der Waals surface area contributed by atoms with Crippen molar-refractivity contribution in [2.24, 2.45) is 0 Å². The third-order valence-corrected chi connectivity index (χ3v) is 6.86. The monoisotopic (exact) mass is 498 g/mol. The van der Waals surface area contributed by atoms with E-state index in [0.717, 1.165) is 4.88 Å². The van der Waals surface area contributed by atoms with Crippen molar-refractivity contribution >= 4 is 62.1 Å².